The summed E-state index contributed by atoms with van der Waals surface area (Å²) in [6.45, 7) is 4.24. The van der Waals surface area contributed by atoms with E-state index in [4.69, 9.17) is 0 Å². The van der Waals surface area contributed by atoms with Crippen molar-refractivity contribution in [1.82, 2.24) is 5.32 Å². The molecule has 0 saturated heterocycles. The lowest BCUT2D eigenvalue weighted by atomic mass is 10.1. The van der Waals surface area contributed by atoms with Gasteiger partial charge in [0.2, 0.25) is 5.91 Å². The fourth-order valence-electron chi connectivity index (χ4n) is 4.29. The third-order valence-electron chi connectivity index (χ3n) is 6.68. The normalized spacial score (nSPS) is 13.6. The van der Waals surface area contributed by atoms with Crippen LogP contribution in [0.5, 0.6) is 0 Å². The highest BCUT2D eigenvalue weighted by Gasteiger charge is 2.17. The van der Waals surface area contributed by atoms with E-state index in [0.717, 1.165) is 38.5 Å². The van der Waals surface area contributed by atoms with Gasteiger partial charge < -0.3 is 15.5 Å². The van der Waals surface area contributed by atoms with Gasteiger partial charge in [-0.1, -0.05) is 122 Å². The van der Waals surface area contributed by atoms with Crippen molar-refractivity contribution in [1.29, 1.82) is 0 Å². The zero-order valence-corrected chi connectivity index (χ0v) is 23.3. The number of aliphatic hydroxyl groups is 2. The molecule has 0 aromatic rings. The molecule has 0 spiro atoms. The summed E-state index contributed by atoms with van der Waals surface area (Å²) in [5.74, 6) is -0.0783. The summed E-state index contributed by atoms with van der Waals surface area (Å²) in [7, 11) is 0. The average Bonchev–Trinajstić information content (AvgIpc) is 2.86. The topological polar surface area (TPSA) is 69.6 Å². The van der Waals surface area contributed by atoms with Gasteiger partial charge in [-0.2, -0.15) is 0 Å². The molecule has 0 bridgehead atoms. The molecule has 0 aromatic carbocycles. The molecule has 0 radical (unpaired) electrons. The number of nitrogens with one attached hydrogen (secondary N) is 1. The molecule has 206 valence electrons. The smallest absolute Gasteiger partial charge is 0.220 e. The van der Waals surface area contributed by atoms with Gasteiger partial charge in [0, 0.05) is 6.42 Å². The molecular weight excluding hydrogens is 434 g/mol. The van der Waals surface area contributed by atoms with E-state index in [1.807, 2.05) is 6.08 Å². The monoisotopic (exact) mass is 493 g/mol. The van der Waals surface area contributed by atoms with Crippen molar-refractivity contribution in [3.05, 3.63) is 24.3 Å². The largest absolute Gasteiger partial charge is 0.394 e. The highest BCUT2D eigenvalue weighted by atomic mass is 16.3. The molecule has 2 atom stereocenters. The van der Waals surface area contributed by atoms with Crippen LogP contribution < -0.4 is 5.32 Å². The van der Waals surface area contributed by atoms with Crippen LogP contribution in [0.1, 0.15) is 149 Å². The van der Waals surface area contributed by atoms with Gasteiger partial charge >= 0.3 is 0 Å². The third-order valence-corrected chi connectivity index (χ3v) is 6.68. The second-order valence-corrected chi connectivity index (χ2v) is 10.2. The Kier molecular flexibility index (Phi) is 26.6. The Morgan fingerprint density at radius 2 is 1.09 bits per heavy atom. The number of allylic oxidation sites excluding steroid dienone is 3. The molecule has 0 heterocycles. The minimum atomic E-state index is -0.835. The highest BCUT2D eigenvalue weighted by molar-refractivity contribution is 5.76. The van der Waals surface area contributed by atoms with Gasteiger partial charge in [-0.3, -0.25) is 4.79 Å². The van der Waals surface area contributed by atoms with E-state index in [1.54, 1.807) is 6.08 Å². The Balaban J connectivity index is 3.69. The Morgan fingerprint density at radius 1 is 0.657 bits per heavy atom. The summed E-state index contributed by atoms with van der Waals surface area (Å²) in [5.41, 5.74) is 0. The molecular formula is C31H59NO3. The lowest BCUT2D eigenvalue weighted by Gasteiger charge is -2.20. The first-order valence-electron chi connectivity index (χ1n) is 15.1. The SMILES string of the molecule is CCCCCCC/C=C/CCCCCCCC(=O)N[C@@H](CO)[C@H](O)/C=C/CCCCCCCCC. The van der Waals surface area contributed by atoms with E-state index in [0.29, 0.717) is 6.42 Å². The van der Waals surface area contributed by atoms with Gasteiger partial charge in [-0.05, 0) is 44.9 Å². The van der Waals surface area contributed by atoms with Crippen LogP contribution in [0.4, 0.5) is 0 Å². The first kappa shape index (κ1) is 33.9. The predicted octanol–water partition coefficient (Wildman–Crippen LogP) is 8.17. The number of aliphatic hydroxyl groups excluding tert-OH is 2. The molecule has 3 N–H and O–H groups in total. The number of carbonyl (C=O) groups excluding carboxylic acids is 1. The van der Waals surface area contributed by atoms with Gasteiger partial charge in [-0.15, -0.1) is 0 Å². The number of amides is 1. The van der Waals surface area contributed by atoms with Crippen molar-refractivity contribution >= 4 is 5.91 Å². The van der Waals surface area contributed by atoms with Crippen molar-refractivity contribution < 1.29 is 15.0 Å². The summed E-state index contributed by atoms with van der Waals surface area (Å²) < 4.78 is 0. The average molecular weight is 494 g/mol. The quantitative estimate of drug-likeness (QED) is 0.0840. The van der Waals surface area contributed by atoms with Crippen LogP contribution in [0.15, 0.2) is 24.3 Å². The van der Waals surface area contributed by atoms with Gasteiger partial charge in [0.15, 0.2) is 0 Å². The molecule has 4 nitrogen and oxygen atoms in total. The van der Waals surface area contributed by atoms with Gasteiger partial charge in [0.05, 0.1) is 18.8 Å². The minimum absolute atomic E-state index is 0.0783. The summed E-state index contributed by atoms with van der Waals surface area (Å²) in [4.78, 5) is 12.2. The fourth-order valence-corrected chi connectivity index (χ4v) is 4.29. The van der Waals surface area contributed by atoms with Crippen molar-refractivity contribution in [3.8, 4) is 0 Å². The van der Waals surface area contributed by atoms with Crippen LogP contribution in [0, 0.1) is 0 Å². The number of rotatable bonds is 26. The van der Waals surface area contributed by atoms with E-state index in [-0.39, 0.29) is 12.5 Å². The lowest BCUT2D eigenvalue weighted by molar-refractivity contribution is -0.123. The third kappa shape index (κ3) is 24.3. The Bertz CT molecular complexity index is 503. The van der Waals surface area contributed by atoms with Crippen molar-refractivity contribution in [2.24, 2.45) is 0 Å². The Labute approximate surface area is 218 Å². The maximum absolute atomic E-state index is 12.2. The Morgan fingerprint density at radius 3 is 1.57 bits per heavy atom. The maximum Gasteiger partial charge on any atom is 0.220 e. The van der Waals surface area contributed by atoms with E-state index in [2.05, 4.69) is 31.3 Å². The summed E-state index contributed by atoms with van der Waals surface area (Å²) in [5, 5.41) is 22.6. The minimum Gasteiger partial charge on any atom is -0.394 e. The van der Waals surface area contributed by atoms with E-state index < -0.39 is 12.1 Å². The maximum atomic E-state index is 12.2. The number of carbonyl (C=O) groups is 1. The van der Waals surface area contributed by atoms with Crippen LogP contribution in [-0.4, -0.2) is 34.9 Å². The van der Waals surface area contributed by atoms with Gasteiger partial charge in [0.25, 0.3) is 0 Å². The van der Waals surface area contributed by atoms with E-state index in [9.17, 15) is 15.0 Å². The number of unbranched alkanes of at least 4 members (excludes halogenated alkanes) is 17. The molecule has 0 aliphatic carbocycles. The van der Waals surface area contributed by atoms with E-state index in [1.165, 1.54) is 89.9 Å². The van der Waals surface area contributed by atoms with Crippen molar-refractivity contribution in [2.75, 3.05) is 6.61 Å². The molecule has 0 rings (SSSR count). The first-order valence-corrected chi connectivity index (χ1v) is 15.1. The second-order valence-electron chi connectivity index (χ2n) is 10.2. The Hall–Kier alpha value is -1.13. The summed E-state index contributed by atoms with van der Waals surface area (Å²) in [6.07, 6.45) is 32.5. The predicted molar refractivity (Wildman–Crippen MR) is 152 cm³/mol. The molecule has 4 heteroatoms. The molecule has 0 aromatic heterocycles. The van der Waals surface area contributed by atoms with Crippen LogP contribution in [-0.2, 0) is 4.79 Å². The molecule has 0 aliphatic rings. The zero-order chi connectivity index (χ0) is 25.8. The van der Waals surface area contributed by atoms with Gasteiger partial charge in [-0.25, -0.2) is 0 Å². The molecule has 0 unspecified atom stereocenters. The molecule has 1 amide bonds. The zero-order valence-electron chi connectivity index (χ0n) is 23.3. The molecule has 0 saturated carbocycles. The number of hydrogen-bond acceptors (Lipinski definition) is 3. The highest BCUT2D eigenvalue weighted by Crippen LogP contribution is 2.11. The van der Waals surface area contributed by atoms with Crippen molar-refractivity contribution in [3.63, 3.8) is 0 Å². The first-order chi connectivity index (χ1) is 17.2. The van der Waals surface area contributed by atoms with Crippen molar-refractivity contribution in [2.45, 2.75) is 161 Å². The fraction of sp³-hybridized carbons (Fsp3) is 0.839. The van der Waals surface area contributed by atoms with Crippen LogP contribution in [0.3, 0.4) is 0 Å². The number of hydrogen-bond donors (Lipinski definition) is 3. The standard InChI is InChI=1S/C31H59NO3/c1-3-5-7-9-11-13-14-15-16-17-19-21-23-25-27-31(35)32-29(28-33)30(34)26-24-22-20-18-12-10-8-6-4-2/h14-15,24,26,29-30,33-34H,3-13,16-23,25,27-28H2,1-2H3,(H,32,35)/b15-14+,26-24+/t29-,30+/m0/s1. The molecule has 35 heavy (non-hydrogen) atoms. The lowest BCUT2D eigenvalue weighted by Crippen LogP contribution is -2.45. The van der Waals surface area contributed by atoms with E-state index >= 15 is 0 Å². The summed E-state index contributed by atoms with van der Waals surface area (Å²) in [6, 6.07) is -0.619. The van der Waals surface area contributed by atoms with Crippen LogP contribution in [0.2, 0.25) is 0 Å². The second kappa shape index (κ2) is 27.5. The van der Waals surface area contributed by atoms with Crippen LogP contribution >= 0.6 is 0 Å². The molecule has 0 aliphatic heterocycles. The van der Waals surface area contributed by atoms with Gasteiger partial charge in [0.1, 0.15) is 0 Å². The summed E-state index contributed by atoms with van der Waals surface area (Å²) >= 11 is 0. The molecule has 0 fully saturated rings. The van der Waals surface area contributed by atoms with Crippen LogP contribution in [0.25, 0.3) is 0 Å².